The number of para-hydroxylation sites is 1. The predicted molar refractivity (Wildman–Crippen MR) is 71.1 cm³/mol. The van der Waals surface area contributed by atoms with Crippen LogP contribution in [0.5, 0.6) is 5.75 Å². The molecule has 0 saturated heterocycles. The number of rotatable bonds is 2. The van der Waals surface area contributed by atoms with Gasteiger partial charge in [0.05, 0.1) is 0 Å². The highest BCUT2D eigenvalue weighted by Crippen LogP contribution is 2.28. The van der Waals surface area contributed by atoms with Crippen LogP contribution in [0.3, 0.4) is 0 Å². The number of carbonyl (C=O) groups excluding carboxylic acids is 1. The molecule has 1 aliphatic rings. The molecule has 1 atom stereocenters. The molecule has 100 valence electrons. The predicted octanol–water partition coefficient (Wildman–Crippen LogP) is 1.23. The lowest BCUT2D eigenvalue weighted by Gasteiger charge is -2.09. The summed E-state index contributed by atoms with van der Waals surface area (Å²) < 4.78 is 7.08. The number of aryl methyl sites for hydroxylation is 1. The Morgan fingerprint density at radius 2 is 2.35 bits per heavy atom. The molecule has 1 N–H and O–H groups in total. The van der Waals surface area contributed by atoms with Gasteiger partial charge in [-0.05, 0) is 11.6 Å². The van der Waals surface area contributed by atoms with E-state index in [1.807, 2.05) is 30.3 Å². The smallest absolute Gasteiger partial charge is 0.267 e. The highest BCUT2D eigenvalue weighted by molar-refractivity contribution is 5.95. The summed E-state index contributed by atoms with van der Waals surface area (Å²) in [5.41, 5.74) is 1.34. The van der Waals surface area contributed by atoms with E-state index in [4.69, 9.17) is 10.00 Å². The summed E-state index contributed by atoms with van der Waals surface area (Å²) in [5.74, 6) is 0.699. The van der Waals surface area contributed by atoms with Crippen molar-refractivity contribution in [2.75, 3.05) is 5.32 Å². The van der Waals surface area contributed by atoms with Crippen molar-refractivity contribution >= 4 is 11.7 Å². The molecule has 20 heavy (non-hydrogen) atoms. The van der Waals surface area contributed by atoms with Crippen molar-refractivity contribution in [1.29, 1.82) is 5.26 Å². The Kier molecular flexibility index (Phi) is 2.88. The Hall–Kier alpha value is -2.81. The Morgan fingerprint density at radius 3 is 3.10 bits per heavy atom. The molecule has 2 heterocycles. The van der Waals surface area contributed by atoms with Gasteiger partial charge in [0.1, 0.15) is 17.4 Å². The monoisotopic (exact) mass is 268 g/mol. The molecule has 0 radical (unpaired) electrons. The maximum absolute atomic E-state index is 12.2. The molecule has 3 rings (SSSR count). The van der Waals surface area contributed by atoms with Gasteiger partial charge < -0.3 is 10.1 Å². The van der Waals surface area contributed by atoms with Crippen LogP contribution in [0.2, 0.25) is 0 Å². The van der Waals surface area contributed by atoms with Gasteiger partial charge in [0.25, 0.3) is 5.91 Å². The molecule has 1 aromatic heterocycles. The van der Waals surface area contributed by atoms with E-state index in [0.717, 1.165) is 11.3 Å². The summed E-state index contributed by atoms with van der Waals surface area (Å²) >= 11 is 0. The Balaban J connectivity index is 1.74. The topological polar surface area (TPSA) is 79.9 Å². The van der Waals surface area contributed by atoms with Crippen molar-refractivity contribution in [3.8, 4) is 11.8 Å². The van der Waals surface area contributed by atoms with E-state index >= 15 is 0 Å². The summed E-state index contributed by atoms with van der Waals surface area (Å²) in [6, 6.07) is 9.54. The number of hydrogen-bond donors (Lipinski definition) is 1. The molecule has 2 aromatic rings. The molecule has 0 fully saturated rings. The number of amides is 1. The lowest BCUT2D eigenvalue weighted by molar-refractivity contribution is -0.122. The zero-order chi connectivity index (χ0) is 14.1. The fourth-order valence-electron chi connectivity index (χ4n) is 2.19. The first kappa shape index (κ1) is 12.2. The Labute approximate surface area is 115 Å². The van der Waals surface area contributed by atoms with Gasteiger partial charge in [0.2, 0.25) is 0 Å². The van der Waals surface area contributed by atoms with Crippen LogP contribution in [-0.2, 0) is 18.3 Å². The fourth-order valence-corrected chi connectivity index (χ4v) is 2.19. The molecule has 1 amide bonds. The molecule has 6 nitrogen and oxygen atoms in total. The molecule has 1 unspecified atom stereocenters. The number of carbonyl (C=O) groups is 1. The average molecular weight is 268 g/mol. The standard InChI is InChI=1S/C14H12N4O2/c1-18-8-10(7-15)13(17-18)16-14(19)12-6-9-4-2-3-5-11(9)20-12/h2-5,8,12H,6H2,1H3,(H,16,17,19). The highest BCUT2D eigenvalue weighted by Gasteiger charge is 2.29. The number of nitrogens with zero attached hydrogens (tertiary/aromatic N) is 3. The van der Waals surface area contributed by atoms with Crippen LogP contribution >= 0.6 is 0 Å². The molecular weight excluding hydrogens is 256 g/mol. The first-order chi connectivity index (χ1) is 9.67. The summed E-state index contributed by atoms with van der Waals surface area (Å²) in [5, 5.41) is 15.7. The van der Waals surface area contributed by atoms with Gasteiger partial charge in [0.15, 0.2) is 11.9 Å². The van der Waals surface area contributed by atoms with Crippen LogP contribution in [0.15, 0.2) is 30.5 Å². The van der Waals surface area contributed by atoms with E-state index in [2.05, 4.69) is 10.4 Å². The van der Waals surface area contributed by atoms with Crippen molar-refractivity contribution in [3.63, 3.8) is 0 Å². The first-order valence-electron chi connectivity index (χ1n) is 6.16. The summed E-state index contributed by atoms with van der Waals surface area (Å²) in [7, 11) is 1.69. The number of benzene rings is 1. The molecule has 1 aromatic carbocycles. The number of nitrogens with one attached hydrogen (secondary N) is 1. The average Bonchev–Trinajstić information content (AvgIpc) is 3.01. The zero-order valence-electron chi connectivity index (χ0n) is 10.8. The number of anilines is 1. The van der Waals surface area contributed by atoms with Crippen molar-refractivity contribution in [3.05, 3.63) is 41.6 Å². The van der Waals surface area contributed by atoms with Crippen LogP contribution in [0.25, 0.3) is 0 Å². The van der Waals surface area contributed by atoms with Crippen LogP contribution in [0.4, 0.5) is 5.82 Å². The van der Waals surface area contributed by atoms with E-state index in [0.29, 0.717) is 12.0 Å². The number of nitriles is 1. The minimum absolute atomic E-state index is 0.263. The third-order valence-electron chi connectivity index (χ3n) is 3.13. The van der Waals surface area contributed by atoms with Gasteiger partial charge in [-0.15, -0.1) is 0 Å². The molecule has 0 aliphatic carbocycles. The summed E-state index contributed by atoms with van der Waals surface area (Å²) in [4.78, 5) is 12.2. The zero-order valence-corrected chi connectivity index (χ0v) is 10.8. The Morgan fingerprint density at radius 1 is 1.55 bits per heavy atom. The van der Waals surface area contributed by atoms with Gasteiger partial charge in [-0.3, -0.25) is 9.48 Å². The van der Waals surface area contributed by atoms with Crippen molar-refractivity contribution in [2.24, 2.45) is 7.05 Å². The van der Waals surface area contributed by atoms with E-state index in [1.165, 1.54) is 4.68 Å². The molecule has 0 bridgehead atoms. The second-order valence-corrected chi connectivity index (χ2v) is 4.58. The SMILES string of the molecule is Cn1cc(C#N)c(NC(=O)C2Cc3ccccc3O2)n1. The number of hydrogen-bond acceptors (Lipinski definition) is 4. The van der Waals surface area contributed by atoms with Crippen LogP contribution in [0, 0.1) is 11.3 Å². The third-order valence-corrected chi connectivity index (χ3v) is 3.13. The number of ether oxygens (including phenoxy) is 1. The second kappa shape index (κ2) is 4.70. The van der Waals surface area contributed by atoms with Crippen LogP contribution in [0.1, 0.15) is 11.1 Å². The molecular formula is C14H12N4O2. The largest absolute Gasteiger partial charge is 0.480 e. The molecule has 1 aliphatic heterocycles. The first-order valence-corrected chi connectivity index (χ1v) is 6.16. The maximum atomic E-state index is 12.2. The van der Waals surface area contributed by atoms with Gasteiger partial charge in [-0.2, -0.15) is 10.4 Å². The minimum Gasteiger partial charge on any atom is -0.480 e. The maximum Gasteiger partial charge on any atom is 0.267 e. The van der Waals surface area contributed by atoms with Gasteiger partial charge in [-0.25, -0.2) is 0 Å². The number of fused-ring (bicyclic) bond motifs is 1. The van der Waals surface area contributed by atoms with E-state index in [-0.39, 0.29) is 11.7 Å². The normalized spacial score (nSPS) is 16.1. The lowest BCUT2D eigenvalue weighted by Crippen LogP contribution is -2.31. The van der Waals surface area contributed by atoms with Crippen molar-refractivity contribution in [2.45, 2.75) is 12.5 Å². The van der Waals surface area contributed by atoms with Gasteiger partial charge in [-0.1, -0.05) is 18.2 Å². The quantitative estimate of drug-likeness (QED) is 0.888. The summed E-state index contributed by atoms with van der Waals surface area (Å²) in [6.45, 7) is 0. The highest BCUT2D eigenvalue weighted by atomic mass is 16.5. The van der Waals surface area contributed by atoms with E-state index in [9.17, 15) is 4.79 Å². The van der Waals surface area contributed by atoms with Crippen molar-refractivity contribution < 1.29 is 9.53 Å². The van der Waals surface area contributed by atoms with Crippen molar-refractivity contribution in [1.82, 2.24) is 9.78 Å². The third kappa shape index (κ3) is 2.10. The Bertz CT molecular complexity index is 689. The van der Waals surface area contributed by atoms with Crippen LogP contribution < -0.4 is 10.1 Å². The lowest BCUT2D eigenvalue weighted by atomic mass is 10.1. The minimum atomic E-state index is -0.582. The van der Waals surface area contributed by atoms with Crippen LogP contribution in [-0.4, -0.2) is 21.8 Å². The van der Waals surface area contributed by atoms with E-state index in [1.54, 1.807) is 13.2 Å². The summed E-state index contributed by atoms with van der Waals surface area (Å²) in [6.07, 6.45) is 1.50. The molecule has 0 spiro atoms. The number of aromatic nitrogens is 2. The van der Waals surface area contributed by atoms with Gasteiger partial charge >= 0.3 is 0 Å². The molecule has 6 heteroatoms. The fraction of sp³-hybridized carbons (Fsp3) is 0.214. The molecule has 0 saturated carbocycles. The van der Waals surface area contributed by atoms with E-state index < -0.39 is 6.10 Å². The second-order valence-electron chi connectivity index (χ2n) is 4.58. The van der Waals surface area contributed by atoms with Gasteiger partial charge in [0, 0.05) is 19.7 Å².